The minimum absolute atomic E-state index is 0.121. The van der Waals surface area contributed by atoms with E-state index in [2.05, 4.69) is 116 Å². The molecule has 0 radical (unpaired) electrons. The van der Waals surface area contributed by atoms with Crippen molar-refractivity contribution in [3.63, 3.8) is 0 Å². The first kappa shape index (κ1) is 27.0. The summed E-state index contributed by atoms with van der Waals surface area (Å²) in [5.41, 5.74) is 5.98. The Hall–Kier alpha value is -3.16. The molecule has 1 amide bonds. The highest BCUT2D eigenvalue weighted by Crippen LogP contribution is 2.30. The smallest absolute Gasteiger partial charge is 0.225 e. The number of imidazole rings is 1. The number of amides is 1. The van der Waals surface area contributed by atoms with Gasteiger partial charge in [-0.1, -0.05) is 60.1 Å². The SMILES string of the molecule is CC(C)c1ccccc1N1CCN(C(=O)C2CCN(Cc3nc4ccccc4n3-c3ccc(Br)cc3)CC2)CC1. The number of rotatable bonds is 6. The number of halogens is 1. The zero-order chi connectivity index (χ0) is 27.6. The molecule has 2 aliphatic rings. The number of hydrogen-bond donors (Lipinski definition) is 0. The predicted octanol–water partition coefficient (Wildman–Crippen LogP) is 6.47. The lowest BCUT2D eigenvalue weighted by Gasteiger charge is -2.40. The van der Waals surface area contributed by atoms with Crippen LogP contribution in [0.2, 0.25) is 0 Å². The van der Waals surface area contributed by atoms with Crippen LogP contribution >= 0.6 is 15.9 Å². The topological polar surface area (TPSA) is 44.6 Å². The normalized spacial score (nSPS) is 17.2. The second-order valence-electron chi connectivity index (χ2n) is 11.4. The van der Waals surface area contributed by atoms with Gasteiger partial charge in [-0.25, -0.2) is 4.98 Å². The van der Waals surface area contributed by atoms with E-state index in [1.807, 2.05) is 6.07 Å². The quantitative estimate of drug-likeness (QED) is 0.255. The summed E-state index contributed by atoms with van der Waals surface area (Å²) in [7, 11) is 0. The third-order valence-corrected chi connectivity index (χ3v) is 9.04. The molecule has 0 spiro atoms. The molecule has 6 rings (SSSR count). The number of carbonyl (C=O) groups is 1. The zero-order valence-corrected chi connectivity index (χ0v) is 25.1. The Balaban J connectivity index is 1.07. The molecule has 0 saturated carbocycles. The first-order valence-corrected chi connectivity index (χ1v) is 15.3. The summed E-state index contributed by atoms with van der Waals surface area (Å²) in [6, 6.07) is 25.5. The maximum atomic E-state index is 13.5. The molecule has 2 saturated heterocycles. The number of benzene rings is 3. The van der Waals surface area contributed by atoms with E-state index >= 15 is 0 Å². The van der Waals surface area contributed by atoms with Crippen LogP contribution in [0.3, 0.4) is 0 Å². The molecular formula is C33H38BrN5O. The van der Waals surface area contributed by atoms with E-state index < -0.39 is 0 Å². The van der Waals surface area contributed by atoms with E-state index in [1.165, 1.54) is 11.3 Å². The lowest BCUT2D eigenvalue weighted by atomic mass is 9.94. The second kappa shape index (κ2) is 11.8. The molecule has 7 heteroatoms. The van der Waals surface area contributed by atoms with Crippen molar-refractivity contribution in [3.05, 3.63) is 88.7 Å². The van der Waals surface area contributed by atoms with Gasteiger partial charge in [0.1, 0.15) is 5.82 Å². The van der Waals surface area contributed by atoms with Crippen LogP contribution in [-0.2, 0) is 11.3 Å². The van der Waals surface area contributed by atoms with Gasteiger partial charge < -0.3 is 9.80 Å². The second-order valence-corrected chi connectivity index (χ2v) is 12.3. The maximum Gasteiger partial charge on any atom is 0.225 e. The average molecular weight is 601 g/mol. The highest BCUT2D eigenvalue weighted by atomic mass is 79.9. The zero-order valence-electron chi connectivity index (χ0n) is 23.5. The van der Waals surface area contributed by atoms with Crippen molar-refractivity contribution in [2.24, 2.45) is 5.92 Å². The monoisotopic (exact) mass is 599 g/mol. The summed E-state index contributed by atoms with van der Waals surface area (Å²) in [5, 5.41) is 0. The van der Waals surface area contributed by atoms with Crippen LogP contribution in [0, 0.1) is 5.92 Å². The van der Waals surface area contributed by atoms with E-state index in [0.29, 0.717) is 11.8 Å². The number of likely N-dealkylation sites (tertiary alicyclic amines) is 1. The van der Waals surface area contributed by atoms with E-state index in [-0.39, 0.29) is 5.92 Å². The number of carbonyl (C=O) groups excluding carboxylic acids is 1. The summed E-state index contributed by atoms with van der Waals surface area (Å²) in [6.45, 7) is 10.5. The minimum atomic E-state index is 0.121. The Kier molecular flexibility index (Phi) is 7.94. The standard InChI is InChI=1S/C33H38BrN5O/c1-24(2)28-7-3-5-9-30(28)37-19-21-38(22-20-37)33(40)25-15-17-36(18-16-25)23-32-35-29-8-4-6-10-31(29)39(32)27-13-11-26(34)12-14-27/h3-14,24-25H,15-23H2,1-2H3. The first-order valence-electron chi connectivity index (χ1n) is 14.6. The van der Waals surface area contributed by atoms with E-state index in [1.54, 1.807) is 0 Å². The van der Waals surface area contributed by atoms with Gasteiger partial charge in [0.15, 0.2) is 0 Å². The Morgan fingerprint density at radius 2 is 1.55 bits per heavy atom. The average Bonchev–Trinajstić information content (AvgIpc) is 3.35. The fourth-order valence-corrected chi connectivity index (χ4v) is 6.55. The third-order valence-electron chi connectivity index (χ3n) is 8.51. The Labute approximate surface area is 245 Å². The van der Waals surface area contributed by atoms with Crippen LogP contribution in [0.5, 0.6) is 0 Å². The molecule has 3 aromatic carbocycles. The number of anilines is 1. The van der Waals surface area contributed by atoms with E-state index in [0.717, 1.165) is 85.7 Å². The minimum Gasteiger partial charge on any atom is -0.368 e. The van der Waals surface area contributed by atoms with Crippen molar-refractivity contribution in [3.8, 4) is 5.69 Å². The Bertz CT molecular complexity index is 1460. The van der Waals surface area contributed by atoms with E-state index in [9.17, 15) is 4.79 Å². The summed E-state index contributed by atoms with van der Waals surface area (Å²) >= 11 is 3.56. The predicted molar refractivity (Wildman–Crippen MR) is 166 cm³/mol. The third kappa shape index (κ3) is 5.54. The highest BCUT2D eigenvalue weighted by molar-refractivity contribution is 9.10. The van der Waals surface area contributed by atoms with Crippen molar-refractivity contribution >= 4 is 38.6 Å². The molecule has 0 atom stereocenters. The van der Waals surface area contributed by atoms with Crippen molar-refractivity contribution in [1.29, 1.82) is 0 Å². The Morgan fingerprint density at radius 3 is 2.27 bits per heavy atom. The number of fused-ring (bicyclic) bond motifs is 1. The highest BCUT2D eigenvalue weighted by Gasteiger charge is 2.31. The van der Waals surface area contributed by atoms with Crippen LogP contribution in [0.25, 0.3) is 16.7 Å². The number of para-hydroxylation sites is 3. The molecule has 0 bridgehead atoms. The van der Waals surface area contributed by atoms with Gasteiger partial charge in [-0.3, -0.25) is 14.3 Å². The summed E-state index contributed by atoms with van der Waals surface area (Å²) in [5.74, 6) is 2.01. The number of piperidine rings is 1. The summed E-state index contributed by atoms with van der Waals surface area (Å²) < 4.78 is 3.34. The molecular weight excluding hydrogens is 562 g/mol. The first-order chi connectivity index (χ1) is 19.5. The Morgan fingerprint density at radius 1 is 0.875 bits per heavy atom. The number of nitrogens with zero attached hydrogens (tertiary/aromatic N) is 5. The van der Waals surface area contributed by atoms with Crippen LogP contribution in [-0.4, -0.2) is 64.5 Å². The van der Waals surface area contributed by atoms with Gasteiger partial charge in [-0.15, -0.1) is 0 Å². The maximum absolute atomic E-state index is 13.5. The molecule has 40 heavy (non-hydrogen) atoms. The molecule has 0 unspecified atom stereocenters. The largest absolute Gasteiger partial charge is 0.368 e. The van der Waals surface area contributed by atoms with Gasteiger partial charge >= 0.3 is 0 Å². The molecule has 3 heterocycles. The van der Waals surface area contributed by atoms with Crippen molar-refractivity contribution < 1.29 is 4.79 Å². The van der Waals surface area contributed by atoms with Gasteiger partial charge in [0.25, 0.3) is 0 Å². The summed E-state index contributed by atoms with van der Waals surface area (Å²) in [6.07, 6.45) is 1.82. The fourth-order valence-electron chi connectivity index (χ4n) is 6.29. The van der Waals surface area contributed by atoms with Gasteiger partial charge in [0.05, 0.1) is 17.6 Å². The van der Waals surface area contributed by atoms with Crippen LogP contribution in [0.4, 0.5) is 5.69 Å². The number of aromatic nitrogens is 2. The van der Waals surface area contributed by atoms with Gasteiger partial charge in [0.2, 0.25) is 5.91 Å². The van der Waals surface area contributed by atoms with Crippen molar-refractivity contribution in [2.45, 2.75) is 39.2 Å². The lowest BCUT2D eigenvalue weighted by Crippen LogP contribution is -2.51. The van der Waals surface area contributed by atoms with Crippen LogP contribution < -0.4 is 4.90 Å². The molecule has 0 aliphatic carbocycles. The van der Waals surface area contributed by atoms with Crippen molar-refractivity contribution in [1.82, 2.24) is 19.4 Å². The molecule has 6 nitrogen and oxygen atoms in total. The lowest BCUT2D eigenvalue weighted by molar-refractivity contribution is -0.137. The molecule has 208 valence electrons. The van der Waals surface area contributed by atoms with E-state index in [4.69, 9.17) is 4.98 Å². The van der Waals surface area contributed by atoms with Crippen molar-refractivity contribution in [2.75, 3.05) is 44.2 Å². The fraction of sp³-hybridized carbons (Fsp3) is 0.394. The molecule has 1 aromatic heterocycles. The molecule has 2 fully saturated rings. The van der Waals surface area contributed by atoms with Gasteiger partial charge in [-0.2, -0.15) is 0 Å². The van der Waals surface area contributed by atoms with Crippen LogP contribution in [0.1, 0.15) is 44.0 Å². The number of hydrogen-bond acceptors (Lipinski definition) is 4. The van der Waals surface area contributed by atoms with Gasteiger partial charge in [0, 0.05) is 47.9 Å². The molecule has 4 aromatic rings. The number of piperazine rings is 1. The molecule has 0 N–H and O–H groups in total. The van der Waals surface area contributed by atoms with Gasteiger partial charge in [-0.05, 0) is 79.9 Å². The summed E-state index contributed by atoms with van der Waals surface area (Å²) in [4.78, 5) is 25.5. The van der Waals surface area contributed by atoms with Crippen LogP contribution in [0.15, 0.2) is 77.3 Å². The molecule has 2 aliphatic heterocycles.